The van der Waals surface area contributed by atoms with Crippen LogP contribution in [-0.2, 0) is 30.7 Å². The molecular weight excluding hydrogens is 880 g/mol. The minimum absolute atomic E-state index is 0.0454. The normalized spacial score (nSPS) is 18.0. The van der Waals surface area contributed by atoms with Crippen LogP contribution in [0.15, 0.2) is 151 Å². The molecule has 4 atom stereocenters. The molecule has 67 heavy (non-hydrogen) atoms. The number of hydrogen-bond acceptors (Lipinski definition) is 10. The molecule has 2 N–H and O–H groups in total. The van der Waals surface area contributed by atoms with E-state index in [4.69, 9.17) is 28.2 Å². The first-order chi connectivity index (χ1) is 32.6. The number of carbonyl (C=O) groups is 1. The van der Waals surface area contributed by atoms with Gasteiger partial charge >= 0.3 is 0 Å². The second kappa shape index (κ2) is 20.1. The highest BCUT2D eigenvalue weighted by atomic mass is 31.2. The lowest BCUT2D eigenvalue weighted by molar-refractivity contribution is -0.118. The van der Waals surface area contributed by atoms with E-state index in [1.54, 1.807) is 39.0 Å². The van der Waals surface area contributed by atoms with E-state index in [9.17, 15) is 9.59 Å². The van der Waals surface area contributed by atoms with Gasteiger partial charge in [-0.3, -0.25) is 19.9 Å². The first-order valence-electron chi connectivity index (χ1n) is 22.9. The topological polar surface area (TPSA) is 142 Å². The Bertz CT molecular complexity index is 2730. The number of imidazole rings is 1. The summed E-state index contributed by atoms with van der Waals surface area (Å²) in [5.41, 5.74) is 1.51. The summed E-state index contributed by atoms with van der Waals surface area (Å²) in [5.74, 6) is 0.885. The number of carbonyl (C=O) groups excluding carboxylic acids is 1. The fraction of sp³-hybridized carbons (Fsp3) is 0.308. The van der Waals surface area contributed by atoms with E-state index in [0.717, 1.165) is 53.6 Å². The summed E-state index contributed by atoms with van der Waals surface area (Å²) < 4.78 is 37.5. The molecule has 0 unspecified atom stereocenters. The zero-order valence-corrected chi connectivity index (χ0v) is 40.4. The summed E-state index contributed by atoms with van der Waals surface area (Å²) in [6, 6.07) is 48.9. The molecule has 15 heteroatoms. The highest BCUT2D eigenvalue weighted by molar-refractivity contribution is 7.45. The van der Waals surface area contributed by atoms with Gasteiger partial charge in [0.05, 0.1) is 39.8 Å². The molecule has 2 fully saturated rings. The minimum Gasteiger partial charge on any atom is -0.497 e. The number of aromatic amines is 1. The monoisotopic (exact) mass is 936 g/mol. The molecule has 0 bridgehead atoms. The Kier molecular flexibility index (Phi) is 13.8. The molecule has 2 aliphatic rings. The van der Waals surface area contributed by atoms with Gasteiger partial charge in [0.15, 0.2) is 11.2 Å². The Morgan fingerprint density at radius 2 is 1.42 bits per heavy atom. The smallest absolute Gasteiger partial charge is 0.280 e. The average Bonchev–Trinajstić information content (AvgIpc) is 4.10. The summed E-state index contributed by atoms with van der Waals surface area (Å²) in [5, 5.41) is 5.48. The maximum Gasteiger partial charge on any atom is 0.280 e. The molecular formula is C52H57N6O7PSi. The summed E-state index contributed by atoms with van der Waals surface area (Å²) in [6.45, 7) is 7.15. The second-order valence-electron chi connectivity index (χ2n) is 17.7. The third kappa shape index (κ3) is 9.47. The van der Waals surface area contributed by atoms with E-state index in [1.807, 2.05) is 66.7 Å². The van der Waals surface area contributed by atoms with Crippen molar-refractivity contribution in [3.8, 4) is 11.5 Å². The SMILES string of the molecule is COc1ccc(C(OC[C@@H](Cn2cnc3c(=O)[nH]c(NC(=O)C(C)C)nc32)O[P@]2O[C@H](C[Si](C)(c3ccccc3)c3ccccc3)[C@@H]3CCCN32)(c2ccccc2)c2ccc(OC)cc2)cc1. The van der Waals surface area contributed by atoms with Crippen LogP contribution in [0.4, 0.5) is 5.95 Å². The Hall–Kier alpha value is -5.99. The van der Waals surface area contributed by atoms with Gasteiger partial charge in [-0.2, -0.15) is 4.98 Å². The predicted octanol–water partition coefficient (Wildman–Crippen LogP) is 8.11. The van der Waals surface area contributed by atoms with E-state index in [1.165, 1.54) is 10.4 Å². The number of aromatic nitrogens is 4. The summed E-state index contributed by atoms with van der Waals surface area (Å²) in [7, 11) is -0.564. The molecule has 13 nitrogen and oxygen atoms in total. The quantitative estimate of drug-likeness (QED) is 0.0493. The van der Waals surface area contributed by atoms with Crippen LogP contribution in [0, 0.1) is 5.92 Å². The maximum absolute atomic E-state index is 13.4. The van der Waals surface area contributed by atoms with Gasteiger partial charge in [0, 0.05) is 18.5 Å². The van der Waals surface area contributed by atoms with Crippen molar-refractivity contribution in [1.82, 2.24) is 24.2 Å². The van der Waals surface area contributed by atoms with Crippen molar-refractivity contribution in [3.05, 3.63) is 173 Å². The second-order valence-corrected chi connectivity index (χ2v) is 23.3. The molecule has 2 aromatic heterocycles. The lowest BCUT2D eigenvalue weighted by Gasteiger charge is -2.37. The summed E-state index contributed by atoms with van der Waals surface area (Å²) >= 11 is 0. The molecule has 9 rings (SSSR count). The van der Waals surface area contributed by atoms with Crippen LogP contribution in [-0.4, -0.2) is 83.8 Å². The number of nitrogens with one attached hydrogen (secondary N) is 2. The van der Waals surface area contributed by atoms with E-state index in [-0.39, 0.29) is 48.6 Å². The van der Waals surface area contributed by atoms with Crippen LogP contribution in [0.3, 0.4) is 0 Å². The molecule has 0 aliphatic carbocycles. The van der Waals surface area contributed by atoms with Gasteiger partial charge in [0.2, 0.25) is 11.9 Å². The van der Waals surface area contributed by atoms with Crippen molar-refractivity contribution >= 4 is 50.0 Å². The number of ether oxygens (including phenoxy) is 3. The van der Waals surface area contributed by atoms with Gasteiger partial charge in [-0.15, -0.1) is 0 Å². The van der Waals surface area contributed by atoms with Crippen molar-refractivity contribution in [1.29, 1.82) is 0 Å². The van der Waals surface area contributed by atoms with Crippen LogP contribution >= 0.6 is 8.53 Å². The van der Waals surface area contributed by atoms with E-state index >= 15 is 0 Å². The van der Waals surface area contributed by atoms with Crippen molar-refractivity contribution in [3.63, 3.8) is 0 Å². The lowest BCUT2D eigenvalue weighted by Crippen LogP contribution is -2.58. The Morgan fingerprint density at radius 1 is 0.851 bits per heavy atom. The molecule has 0 spiro atoms. The number of benzene rings is 5. The van der Waals surface area contributed by atoms with Gasteiger partial charge in [0.25, 0.3) is 14.1 Å². The zero-order chi connectivity index (χ0) is 46.5. The fourth-order valence-corrected chi connectivity index (χ4v) is 15.3. The number of H-pyrrole nitrogens is 1. The standard InChI is InChI=1S/C52H57N6O7PSi/c1-36(2)49(59)55-51-54-48-47(50(60)56-51)53-35-57(48)32-42(33-63-52(37-16-9-6-10-17-37,38-23-27-40(61-3)28-24-38)39-25-29-41(62-4)30-26-39)64-66-58-31-15-22-45(58)46(65-66)34-67(5,43-18-11-7-12-19-43)44-20-13-8-14-21-44/h6-14,16-21,23-30,35-36,42,45-46H,15,22,31-34H2,1-5H3,(H2,54,55,56,59,60)/t42-,45+,46-,66-/m1/s1. The molecule has 2 saturated heterocycles. The number of amides is 1. The number of rotatable bonds is 18. The first kappa shape index (κ1) is 46.1. The van der Waals surface area contributed by atoms with Gasteiger partial charge in [-0.25, -0.2) is 9.65 Å². The van der Waals surface area contributed by atoms with Crippen LogP contribution < -0.4 is 30.7 Å². The van der Waals surface area contributed by atoms with Crippen molar-refractivity contribution in [2.45, 2.75) is 69.7 Å². The molecule has 346 valence electrons. The Morgan fingerprint density at radius 3 is 1.99 bits per heavy atom. The average molecular weight is 937 g/mol. The molecule has 0 saturated carbocycles. The van der Waals surface area contributed by atoms with Crippen LogP contribution in [0.25, 0.3) is 11.2 Å². The van der Waals surface area contributed by atoms with Crippen LogP contribution in [0.2, 0.25) is 12.6 Å². The van der Waals surface area contributed by atoms with E-state index in [2.05, 4.69) is 99.3 Å². The Labute approximate surface area is 393 Å². The minimum atomic E-state index is -2.30. The van der Waals surface area contributed by atoms with Gasteiger partial charge in [-0.1, -0.05) is 146 Å². The number of hydrogen-bond donors (Lipinski definition) is 2. The first-order valence-corrected chi connectivity index (χ1v) is 26.7. The summed E-state index contributed by atoms with van der Waals surface area (Å²) in [4.78, 5) is 38.1. The Balaban J connectivity index is 1.11. The van der Waals surface area contributed by atoms with Gasteiger partial charge in [-0.05, 0) is 59.8 Å². The highest BCUT2D eigenvalue weighted by Gasteiger charge is 2.51. The lowest BCUT2D eigenvalue weighted by atomic mass is 9.80. The largest absolute Gasteiger partial charge is 0.497 e. The zero-order valence-electron chi connectivity index (χ0n) is 38.5. The maximum atomic E-state index is 13.4. The number of anilines is 1. The van der Waals surface area contributed by atoms with E-state index in [0.29, 0.717) is 5.65 Å². The third-order valence-electron chi connectivity index (χ3n) is 13.1. The summed E-state index contributed by atoms with van der Waals surface area (Å²) in [6.07, 6.45) is 2.94. The number of nitrogens with zero attached hydrogens (tertiary/aromatic N) is 4. The molecule has 1 amide bonds. The number of methoxy groups -OCH3 is 2. The molecule has 5 aromatic carbocycles. The molecule has 0 radical (unpaired) electrons. The molecule has 4 heterocycles. The van der Waals surface area contributed by atoms with Crippen molar-refractivity contribution in [2.75, 3.05) is 32.7 Å². The highest BCUT2D eigenvalue weighted by Crippen LogP contribution is 2.58. The van der Waals surface area contributed by atoms with Gasteiger partial charge in [0.1, 0.15) is 31.3 Å². The van der Waals surface area contributed by atoms with Crippen molar-refractivity contribution < 1.29 is 28.1 Å². The molecule has 2 aliphatic heterocycles. The van der Waals surface area contributed by atoms with Crippen molar-refractivity contribution in [2.24, 2.45) is 5.92 Å². The van der Waals surface area contributed by atoms with Crippen LogP contribution in [0.5, 0.6) is 11.5 Å². The van der Waals surface area contributed by atoms with Gasteiger partial charge < -0.3 is 27.8 Å². The van der Waals surface area contributed by atoms with E-state index < -0.39 is 33.9 Å². The molecule has 7 aromatic rings. The predicted molar refractivity (Wildman–Crippen MR) is 265 cm³/mol. The number of fused-ring (bicyclic) bond motifs is 2. The van der Waals surface area contributed by atoms with Crippen LogP contribution in [0.1, 0.15) is 43.4 Å². The third-order valence-corrected chi connectivity index (χ3v) is 19.4. The fourth-order valence-electron chi connectivity index (χ4n) is 9.44.